The maximum Gasteiger partial charge on any atom is 0.262 e. The second-order valence-corrected chi connectivity index (χ2v) is 8.83. The third-order valence-electron chi connectivity index (χ3n) is 6.59. The topological polar surface area (TPSA) is 66.9 Å². The number of imide groups is 1. The number of carbonyl (C=O) groups excluding carboxylic acids is 3. The Bertz CT molecular complexity index is 1290. The van der Waals surface area contributed by atoms with Crippen molar-refractivity contribution in [3.8, 4) is 5.75 Å². The highest BCUT2D eigenvalue weighted by Crippen LogP contribution is 2.44. The number of nitrogens with zero attached hydrogens (tertiary/aromatic N) is 2. The summed E-state index contributed by atoms with van der Waals surface area (Å²) in [5, 5.41) is 0. The van der Waals surface area contributed by atoms with Gasteiger partial charge in [-0.2, -0.15) is 0 Å². The van der Waals surface area contributed by atoms with E-state index in [-0.39, 0.29) is 11.1 Å². The van der Waals surface area contributed by atoms with Crippen molar-refractivity contribution in [1.82, 2.24) is 4.90 Å². The second-order valence-electron chi connectivity index (χ2n) is 8.83. The van der Waals surface area contributed by atoms with Crippen molar-refractivity contribution in [2.75, 3.05) is 11.5 Å². The molecule has 0 bridgehead atoms. The highest BCUT2D eigenvalue weighted by molar-refractivity contribution is 6.24. The third kappa shape index (κ3) is 3.77. The molecule has 6 nitrogen and oxygen atoms in total. The number of hydrogen-bond donors (Lipinski definition) is 0. The lowest BCUT2D eigenvalue weighted by atomic mass is 9.86. The third-order valence-corrected chi connectivity index (χ3v) is 6.59. The van der Waals surface area contributed by atoms with E-state index in [4.69, 9.17) is 4.74 Å². The molecule has 35 heavy (non-hydrogen) atoms. The van der Waals surface area contributed by atoms with Crippen LogP contribution in [0.2, 0.25) is 0 Å². The predicted molar refractivity (Wildman–Crippen MR) is 129 cm³/mol. The molecule has 0 radical (unpaired) electrons. The Morgan fingerprint density at radius 1 is 0.857 bits per heavy atom. The largest absolute Gasteiger partial charge is 0.494 e. The lowest BCUT2D eigenvalue weighted by Gasteiger charge is -2.49. The first-order valence-electron chi connectivity index (χ1n) is 11.7. The predicted octanol–water partition coefficient (Wildman–Crippen LogP) is 5.07. The number of aryl methyl sites for hydroxylation is 1. The van der Waals surface area contributed by atoms with Crippen LogP contribution in [0.25, 0.3) is 0 Å². The fourth-order valence-corrected chi connectivity index (χ4v) is 4.63. The zero-order valence-corrected chi connectivity index (χ0v) is 19.5. The summed E-state index contributed by atoms with van der Waals surface area (Å²) >= 11 is 0. The van der Waals surface area contributed by atoms with Crippen LogP contribution in [0.1, 0.15) is 57.7 Å². The van der Waals surface area contributed by atoms with Crippen molar-refractivity contribution in [3.63, 3.8) is 0 Å². The Morgan fingerprint density at radius 2 is 1.51 bits per heavy atom. The zero-order chi connectivity index (χ0) is 24.7. The van der Waals surface area contributed by atoms with Crippen LogP contribution in [0.3, 0.4) is 0 Å². The summed E-state index contributed by atoms with van der Waals surface area (Å²) in [6.07, 6.45) is 1.96. The molecule has 0 aromatic heterocycles. The molecule has 0 aliphatic carbocycles. The molecule has 2 atom stereocenters. The molecule has 3 amide bonds. The van der Waals surface area contributed by atoms with Crippen molar-refractivity contribution in [1.29, 1.82) is 0 Å². The minimum atomic E-state index is -1.03. The molecule has 3 aromatic rings. The van der Waals surface area contributed by atoms with Gasteiger partial charge >= 0.3 is 0 Å². The number of amides is 3. The minimum Gasteiger partial charge on any atom is -0.494 e. The average Bonchev–Trinajstić information content (AvgIpc) is 3.11. The minimum absolute atomic E-state index is 0.281. The Kier molecular flexibility index (Phi) is 5.84. The number of benzene rings is 3. The van der Waals surface area contributed by atoms with Gasteiger partial charge in [-0.25, -0.2) is 4.39 Å². The molecule has 0 saturated carbocycles. The second kappa shape index (κ2) is 8.98. The van der Waals surface area contributed by atoms with E-state index in [9.17, 15) is 18.8 Å². The number of halogens is 1. The van der Waals surface area contributed by atoms with Gasteiger partial charge in [-0.1, -0.05) is 43.7 Å². The molecule has 3 aromatic carbocycles. The van der Waals surface area contributed by atoms with E-state index in [1.54, 1.807) is 55.5 Å². The molecular weight excluding hydrogens is 447 g/mol. The van der Waals surface area contributed by atoms with Gasteiger partial charge in [0.05, 0.1) is 23.8 Å². The Hall–Kier alpha value is -4.00. The summed E-state index contributed by atoms with van der Waals surface area (Å²) in [6.45, 7) is 4.33. The lowest BCUT2D eigenvalue weighted by Crippen LogP contribution is -2.67. The molecule has 178 valence electrons. The van der Waals surface area contributed by atoms with Crippen LogP contribution < -0.4 is 9.64 Å². The number of rotatable bonds is 7. The summed E-state index contributed by atoms with van der Waals surface area (Å²) in [5.74, 6) is -1.17. The summed E-state index contributed by atoms with van der Waals surface area (Å²) in [4.78, 5) is 42.3. The van der Waals surface area contributed by atoms with Crippen molar-refractivity contribution in [3.05, 3.63) is 94.8 Å². The summed E-state index contributed by atoms with van der Waals surface area (Å²) in [5.41, 5.74) is 2.12. The number of anilines is 1. The molecule has 0 spiro atoms. The van der Waals surface area contributed by atoms with Crippen LogP contribution in [-0.2, 0) is 4.79 Å². The van der Waals surface area contributed by atoms with Crippen LogP contribution in [0, 0.1) is 12.7 Å². The van der Waals surface area contributed by atoms with E-state index in [0.29, 0.717) is 23.6 Å². The Balaban J connectivity index is 1.52. The first-order chi connectivity index (χ1) is 16.9. The molecule has 7 heteroatoms. The number of fused-ring (bicyclic) bond motifs is 1. The van der Waals surface area contributed by atoms with Crippen LogP contribution in [0.15, 0.2) is 66.7 Å². The Morgan fingerprint density at radius 3 is 2.11 bits per heavy atom. The van der Waals surface area contributed by atoms with Crippen molar-refractivity contribution >= 4 is 23.4 Å². The van der Waals surface area contributed by atoms with Gasteiger partial charge in [-0.3, -0.25) is 19.3 Å². The monoisotopic (exact) mass is 472 g/mol. The first-order valence-corrected chi connectivity index (χ1v) is 11.7. The van der Waals surface area contributed by atoms with E-state index >= 15 is 0 Å². The normalized spacial score (nSPS) is 19.1. The van der Waals surface area contributed by atoms with Crippen LogP contribution in [0.4, 0.5) is 10.1 Å². The standard InChI is InChI=1S/C28H25FN2O4/c1-3-4-15-35-20-13-10-18(11-14-20)24-25(28(34)30(24)19-12-9-17(2)23(29)16-19)31-26(32)21-7-5-6-8-22(21)27(31)33/h5-14,16,24-25H,3-4,15H2,1-2H3/t24-,25-/m1/s1. The van der Waals surface area contributed by atoms with E-state index in [0.717, 1.165) is 23.3 Å². The van der Waals surface area contributed by atoms with Gasteiger partial charge in [-0.15, -0.1) is 0 Å². The van der Waals surface area contributed by atoms with Gasteiger partial charge in [0, 0.05) is 5.69 Å². The van der Waals surface area contributed by atoms with Crippen LogP contribution >= 0.6 is 0 Å². The molecule has 0 unspecified atom stereocenters. The maximum absolute atomic E-state index is 14.4. The average molecular weight is 473 g/mol. The Labute approximate surface area is 202 Å². The highest BCUT2D eigenvalue weighted by Gasteiger charge is 2.57. The quantitative estimate of drug-likeness (QED) is 0.274. The van der Waals surface area contributed by atoms with Gasteiger partial charge in [-0.05, 0) is 60.9 Å². The lowest BCUT2D eigenvalue weighted by molar-refractivity contribution is -0.130. The van der Waals surface area contributed by atoms with Gasteiger partial charge in [0.1, 0.15) is 17.6 Å². The summed E-state index contributed by atoms with van der Waals surface area (Å²) in [6, 6.07) is 16.7. The smallest absolute Gasteiger partial charge is 0.262 e. The van der Waals surface area contributed by atoms with E-state index in [1.165, 1.54) is 11.0 Å². The maximum atomic E-state index is 14.4. The molecule has 2 heterocycles. The zero-order valence-electron chi connectivity index (χ0n) is 19.5. The molecular formula is C28H25FN2O4. The summed E-state index contributed by atoms with van der Waals surface area (Å²) in [7, 11) is 0. The molecule has 5 rings (SSSR count). The SMILES string of the molecule is CCCCOc1ccc([C@@H]2[C@@H](N3C(=O)c4ccccc4C3=O)C(=O)N2c2ccc(C)c(F)c2)cc1. The summed E-state index contributed by atoms with van der Waals surface area (Å²) < 4.78 is 20.1. The van der Waals surface area contributed by atoms with Gasteiger partial charge in [0.25, 0.3) is 17.7 Å². The fourth-order valence-electron chi connectivity index (χ4n) is 4.63. The molecule has 1 fully saturated rings. The van der Waals surface area contributed by atoms with Crippen molar-refractivity contribution in [2.45, 2.75) is 38.8 Å². The number of carbonyl (C=O) groups is 3. The van der Waals surface area contributed by atoms with Crippen molar-refractivity contribution in [2.24, 2.45) is 0 Å². The number of unbranched alkanes of at least 4 members (excludes halogenated alkanes) is 1. The number of hydrogen-bond acceptors (Lipinski definition) is 4. The molecule has 0 N–H and O–H groups in total. The highest BCUT2D eigenvalue weighted by atomic mass is 19.1. The fraction of sp³-hybridized carbons (Fsp3) is 0.250. The van der Waals surface area contributed by atoms with E-state index < -0.39 is 35.6 Å². The van der Waals surface area contributed by atoms with Crippen molar-refractivity contribution < 1.29 is 23.5 Å². The van der Waals surface area contributed by atoms with E-state index in [2.05, 4.69) is 6.92 Å². The van der Waals surface area contributed by atoms with Crippen LogP contribution in [-0.4, -0.2) is 35.3 Å². The van der Waals surface area contributed by atoms with Crippen LogP contribution in [0.5, 0.6) is 5.75 Å². The van der Waals surface area contributed by atoms with Gasteiger partial charge in [0.15, 0.2) is 0 Å². The number of β-lactam (4-membered cyclic amide) rings is 1. The van der Waals surface area contributed by atoms with Gasteiger partial charge < -0.3 is 9.64 Å². The molecule has 2 aliphatic rings. The first kappa shape index (κ1) is 22.8. The molecule has 1 saturated heterocycles. The molecule has 2 aliphatic heterocycles. The van der Waals surface area contributed by atoms with E-state index in [1.807, 2.05) is 12.1 Å². The number of ether oxygens (including phenoxy) is 1. The van der Waals surface area contributed by atoms with Gasteiger partial charge in [0.2, 0.25) is 0 Å².